The van der Waals surface area contributed by atoms with Crippen molar-refractivity contribution in [2.24, 2.45) is 0 Å². The lowest BCUT2D eigenvalue weighted by Crippen LogP contribution is -2.29. The standard InChI is InChI=1S/C44H81O9P/c1-3-5-7-9-11-13-15-17-19-20-21-23-25-27-29-31-33-35-37-50-40-43(41-52-54(48,49)51-39-42(46)38-45)53-44(47)36-34-32-30-28-26-24-22-18-16-14-12-10-8-6-4-2/h5,7,11,13,17-19,22,42-43,45-46H,3-4,6,8-10,12,14-16,20-21,23-41H2,1-2H3,(H,48,49)/b7-5-,13-11-,19-17-,22-18-. The number of esters is 1. The Balaban J connectivity index is 4.19. The van der Waals surface area contributed by atoms with Gasteiger partial charge in [-0.25, -0.2) is 4.57 Å². The number of aliphatic hydroxyl groups is 2. The molecule has 3 atom stereocenters. The van der Waals surface area contributed by atoms with E-state index in [1.54, 1.807) is 0 Å². The minimum atomic E-state index is -4.52. The number of phosphoric acid groups is 1. The number of allylic oxidation sites excluding steroid dienone is 8. The van der Waals surface area contributed by atoms with Crippen LogP contribution in [0.25, 0.3) is 0 Å². The molecule has 0 saturated heterocycles. The normalized spacial score (nSPS) is 14.5. The Bertz CT molecular complexity index is 981. The van der Waals surface area contributed by atoms with Crippen LogP contribution < -0.4 is 0 Å². The van der Waals surface area contributed by atoms with Crippen LogP contribution in [0.15, 0.2) is 48.6 Å². The number of unbranched alkanes of at least 4 members (excludes halogenated alkanes) is 19. The lowest BCUT2D eigenvalue weighted by molar-refractivity contribution is -0.154. The lowest BCUT2D eigenvalue weighted by Gasteiger charge is -2.20. The molecule has 0 aliphatic carbocycles. The molecule has 0 radical (unpaired) electrons. The van der Waals surface area contributed by atoms with Crippen molar-refractivity contribution in [2.45, 2.75) is 193 Å². The Labute approximate surface area is 330 Å². The van der Waals surface area contributed by atoms with Crippen LogP contribution in [0.3, 0.4) is 0 Å². The molecule has 9 nitrogen and oxygen atoms in total. The fourth-order valence-corrected chi connectivity index (χ4v) is 6.51. The van der Waals surface area contributed by atoms with Crippen molar-refractivity contribution >= 4 is 13.8 Å². The maximum Gasteiger partial charge on any atom is 0.472 e. The van der Waals surface area contributed by atoms with Gasteiger partial charge in [0.2, 0.25) is 0 Å². The van der Waals surface area contributed by atoms with E-state index in [4.69, 9.17) is 23.6 Å². The highest BCUT2D eigenvalue weighted by atomic mass is 31.2. The van der Waals surface area contributed by atoms with Gasteiger partial charge in [0.05, 0.1) is 26.4 Å². The van der Waals surface area contributed by atoms with E-state index in [1.807, 2.05) is 0 Å². The molecule has 316 valence electrons. The van der Waals surface area contributed by atoms with Crippen LogP contribution in [-0.2, 0) is 27.9 Å². The van der Waals surface area contributed by atoms with Gasteiger partial charge in [-0.3, -0.25) is 13.8 Å². The SMILES string of the molecule is CC/C=C\C/C=C\C/C=C\CCCCCCCCCCOCC(COP(=O)(O)OCC(O)CO)OC(=O)CCCCCCC/C=C\CCCCCCCC. The second kappa shape index (κ2) is 41.1. The van der Waals surface area contributed by atoms with Gasteiger partial charge in [-0.1, -0.05) is 152 Å². The Morgan fingerprint density at radius 1 is 0.593 bits per heavy atom. The highest BCUT2D eigenvalue weighted by molar-refractivity contribution is 7.47. The summed E-state index contributed by atoms with van der Waals surface area (Å²) in [5, 5.41) is 18.3. The van der Waals surface area contributed by atoms with E-state index >= 15 is 0 Å². The van der Waals surface area contributed by atoms with Crippen LogP contribution in [0.2, 0.25) is 0 Å². The number of ether oxygens (including phenoxy) is 2. The van der Waals surface area contributed by atoms with Gasteiger partial charge < -0.3 is 24.6 Å². The van der Waals surface area contributed by atoms with Crippen molar-refractivity contribution in [1.82, 2.24) is 0 Å². The molecular weight excluding hydrogens is 703 g/mol. The van der Waals surface area contributed by atoms with Gasteiger partial charge in [-0.15, -0.1) is 0 Å². The summed E-state index contributed by atoms with van der Waals surface area (Å²) in [6, 6.07) is 0. The Kier molecular flexibility index (Phi) is 39.9. The first-order valence-electron chi connectivity index (χ1n) is 21.6. The molecule has 0 aliphatic heterocycles. The monoisotopic (exact) mass is 785 g/mol. The van der Waals surface area contributed by atoms with Crippen molar-refractivity contribution < 1.29 is 43.0 Å². The van der Waals surface area contributed by atoms with E-state index in [0.29, 0.717) is 13.0 Å². The van der Waals surface area contributed by atoms with Crippen LogP contribution in [0.1, 0.15) is 181 Å². The number of carbonyl (C=O) groups is 1. The third kappa shape index (κ3) is 40.1. The van der Waals surface area contributed by atoms with Crippen LogP contribution in [0.4, 0.5) is 0 Å². The molecule has 0 aromatic heterocycles. The molecule has 10 heteroatoms. The summed E-state index contributed by atoms with van der Waals surface area (Å²) in [6.07, 6.45) is 44.9. The molecule has 3 N–H and O–H groups in total. The maximum absolute atomic E-state index is 12.6. The molecule has 0 saturated carbocycles. The summed E-state index contributed by atoms with van der Waals surface area (Å²) < 4.78 is 33.4. The van der Waals surface area contributed by atoms with Gasteiger partial charge in [-0.2, -0.15) is 0 Å². The highest BCUT2D eigenvalue weighted by Crippen LogP contribution is 2.43. The van der Waals surface area contributed by atoms with E-state index in [9.17, 15) is 19.4 Å². The predicted molar refractivity (Wildman–Crippen MR) is 223 cm³/mol. The van der Waals surface area contributed by atoms with E-state index in [1.165, 1.54) is 77.0 Å². The maximum atomic E-state index is 12.6. The van der Waals surface area contributed by atoms with E-state index < -0.39 is 39.2 Å². The van der Waals surface area contributed by atoms with Gasteiger partial charge in [0.25, 0.3) is 0 Å². The minimum Gasteiger partial charge on any atom is -0.457 e. The number of rotatable bonds is 41. The summed E-state index contributed by atoms with van der Waals surface area (Å²) in [4.78, 5) is 22.6. The van der Waals surface area contributed by atoms with Crippen molar-refractivity contribution in [3.05, 3.63) is 48.6 Å². The molecule has 0 fully saturated rings. The molecule has 0 aliphatic rings. The van der Waals surface area contributed by atoms with Crippen LogP contribution >= 0.6 is 7.82 Å². The molecule has 0 rings (SSSR count). The fourth-order valence-electron chi connectivity index (χ4n) is 5.72. The van der Waals surface area contributed by atoms with Gasteiger partial charge in [0.15, 0.2) is 0 Å². The topological polar surface area (TPSA) is 132 Å². The summed E-state index contributed by atoms with van der Waals surface area (Å²) in [5.41, 5.74) is 0. The summed E-state index contributed by atoms with van der Waals surface area (Å²) in [6.45, 7) is 3.38. The molecule has 54 heavy (non-hydrogen) atoms. The summed E-state index contributed by atoms with van der Waals surface area (Å²) in [5.74, 6) is -0.395. The summed E-state index contributed by atoms with van der Waals surface area (Å²) >= 11 is 0. The second-order valence-electron chi connectivity index (χ2n) is 14.3. The number of hydrogen-bond donors (Lipinski definition) is 3. The third-order valence-electron chi connectivity index (χ3n) is 9.00. The van der Waals surface area contributed by atoms with Crippen molar-refractivity contribution in [2.75, 3.05) is 33.0 Å². The Morgan fingerprint density at radius 2 is 1.06 bits per heavy atom. The second-order valence-corrected chi connectivity index (χ2v) is 15.8. The molecule has 0 amide bonds. The van der Waals surface area contributed by atoms with E-state index in [2.05, 4.69) is 62.5 Å². The first-order chi connectivity index (χ1) is 26.3. The molecule has 0 aromatic rings. The van der Waals surface area contributed by atoms with Crippen LogP contribution in [0, 0.1) is 0 Å². The first-order valence-corrected chi connectivity index (χ1v) is 23.1. The van der Waals surface area contributed by atoms with Gasteiger partial charge >= 0.3 is 13.8 Å². The van der Waals surface area contributed by atoms with Gasteiger partial charge in [0.1, 0.15) is 12.2 Å². The van der Waals surface area contributed by atoms with Crippen molar-refractivity contribution in [3.8, 4) is 0 Å². The van der Waals surface area contributed by atoms with E-state index in [-0.39, 0.29) is 19.6 Å². The zero-order valence-corrected chi connectivity index (χ0v) is 35.3. The zero-order chi connectivity index (χ0) is 39.6. The molecule has 0 bridgehead atoms. The number of aliphatic hydroxyl groups excluding tert-OH is 2. The average molecular weight is 785 g/mol. The quantitative estimate of drug-likeness (QED) is 0.0240. The molecule has 0 spiro atoms. The Morgan fingerprint density at radius 3 is 1.61 bits per heavy atom. The minimum absolute atomic E-state index is 0.0401. The van der Waals surface area contributed by atoms with Gasteiger partial charge in [-0.05, 0) is 70.6 Å². The van der Waals surface area contributed by atoms with Gasteiger partial charge in [0, 0.05) is 13.0 Å². The van der Waals surface area contributed by atoms with Crippen LogP contribution in [-0.4, -0.2) is 66.3 Å². The van der Waals surface area contributed by atoms with Crippen molar-refractivity contribution in [1.29, 1.82) is 0 Å². The smallest absolute Gasteiger partial charge is 0.457 e. The molecule has 0 aromatic carbocycles. The first kappa shape index (κ1) is 52.4. The molecular formula is C44H81O9P. The third-order valence-corrected chi connectivity index (χ3v) is 9.95. The lowest BCUT2D eigenvalue weighted by atomic mass is 10.1. The van der Waals surface area contributed by atoms with E-state index in [0.717, 1.165) is 77.0 Å². The zero-order valence-electron chi connectivity index (χ0n) is 34.4. The van der Waals surface area contributed by atoms with Crippen molar-refractivity contribution in [3.63, 3.8) is 0 Å². The Hall–Kier alpha value is -1.58. The fraction of sp³-hybridized carbons (Fsp3) is 0.795. The number of hydrogen-bond acceptors (Lipinski definition) is 8. The average Bonchev–Trinajstić information content (AvgIpc) is 3.16. The molecule has 0 heterocycles. The number of carbonyl (C=O) groups excluding carboxylic acids is 1. The highest BCUT2D eigenvalue weighted by Gasteiger charge is 2.26. The number of phosphoric ester groups is 1. The van der Waals surface area contributed by atoms with Crippen LogP contribution in [0.5, 0.6) is 0 Å². The molecule has 3 unspecified atom stereocenters. The predicted octanol–water partition coefficient (Wildman–Crippen LogP) is 11.8. The summed E-state index contributed by atoms with van der Waals surface area (Å²) in [7, 11) is -4.52. The largest absolute Gasteiger partial charge is 0.472 e.